The van der Waals surface area contributed by atoms with Gasteiger partial charge >= 0.3 is 0 Å². The zero-order valence-electron chi connectivity index (χ0n) is 13.3. The summed E-state index contributed by atoms with van der Waals surface area (Å²) in [5.41, 5.74) is 1.01. The van der Waals surface area contributed by atoms with Crippen LogP contribution in [0.4, 0.5) is 0 Å². The van der Waals surface area contributed by atoms with Gasteiger partial charge in [-0.25, -0.2) is 13.1 Å². The minimum absolute atomic E-state index is 0.0212. The van der Waals surface area contributed by atoms with Gasteiger partial charge in [0.2, 0.25) is 10.0 Å². The van der Waals surface area contributed by atoms with Crippen LogP contribution in [0, 0.1) is 5.41 Å². The van der Waals surface area contributed by atoms with Crippen molar-refractivity contribution in [1.29, 1.82) is 0 Å². The van der Waals surface area contributed by atoms with E-state index in [1.807, 2.05) is 20.0 Å². The molecule has 2 unspecified atom stereocenters. The van der Waals surface area contributed by atoms with Crippen molar-refractivity contribution in [2.45, 2.75) is 57.0 Å². The summed E-state index contributed by atoms with van der Waals surface area (Å²) >= 11 is 0. The Morgan fingerprint density at radius 1 is 1.33 bits per heavy atom. The van der Waals surface area contributed by atoms with Crippen LogP contribution in [-0.2, 0) is 10.0 Å². The Kier molecular flexibility index (Phi) is 4.76. The Hall–Kier alpha value is -0.910. The van der Waals surface area contributed by atoms with E-state index in [0.717, 1.165) is 24.8 Å². The highest BCUT2D eigenvalue weighted by Gasteiger charge is 2.37. The summed E-state index contributed by atoms with van der Waals surface area (Å²) in [7, 11) is -1.59. The Morgan fingerprint density at radius 3 is 2.62 bits per heavy atom. The molecule has 1 aliphatic carbocycles. The number of rotatable bonds is 5. The molecule has 2 N–H and O–H groups in total. The lowest BCUT2D eigenvalue weighted by Crippen LogP contribution is -2.41. The third kappa shape index (κ3) is 3.65. The summed E-state index contributed by atoms with van der Waals surface area (Å²) in [4.78, 5) is 0.352. The first kappa shape index (κ1) is 16.5. The van der Waals surface area contributed by atoms with Crippen LogP contribution >= 0.6 is 0 Å². The summed E-state index contributed by atoms with van der Waals surface area (Å²) < 4.78 is 28.1. The second-order valence-corrected chi connectivity index (χ2v) is 8.35. The maximum atomic E-state index is 12.6. The number of sulfonamides is 1. The van der Waals surface area contributed by atoms with Crippen molar-refractivity contribution in [3.05, 3.63) is 29.8 Å². The molecule has 0 heterocycles. The van der Waals surface area contributed by atoms with Crippen molar-refractivity contribution in [3.8, 4) is 0 Å². The molecule has 0 spiro atoms. The van der Waals surface area contributed by atoms with Crippen molar-refractivity contribution < 1.29 is 8.42 Å². The lowest BCUT2D eigenvalue weighted by molar-refractivity contribution is 0.313. The SMILES string of the molecule is CNC(C)c1cccc(S(=O)(=O)NC2CCCC2(C)C)c1. The van der Waals surface area contributed by atoms with E-state index in [2.05, 4.69) is 23.9 Å². The van der Waals surface area contributed by atoms with Crippen LogP contribution in [0.3, 0.4) is 0 Å². The predicted octanol–water partition coefficient (Wildman–Crippen LogP) is 2.82. The molecule has 1 aromatic carbocycles. The van der Waals surface area contributed by atoms with Crippen LogP contribution in [0.15, 0.2) is 29.2 Å². The molecular weight excluding hydrogens is 284 g/mol. The van der Waals surface area contributed by atoms with E-state index in [4.69, 9.17) is 0 Å². The molecule has 2 rings (SSSR count). The van der Waals surface area contributed by atoms with Gasteiger partial charge in [0.25, 0.3) is 0 Å². The highest BCUT2D eigenvalue weighted by atomic mass is 32.2. The fraction of sp³-hybridized carbons (Fsp3) is 0.625. The summed E-state index contributed by atoms with van der Waals surface area (Å²) in [6, 6.07) is 7.31. The number of hydrogen-bond acceptors (Lipinski definition) is 3. The molecule has 1 aliphatic rings. The average molecular weight is 310 g/mol. The maximum absolute atomic E-state index is 12.6. The minimum Gasteiger partial charge on any atom is -0.313 e. The first-order valence-electron chi connectivity index (χ1n) is 7.56. The van der Waals surface area contributed by atoms with Crippen molar-refractivity contribution in [1.82, 2.24) is 10.0 Å². The molecule has 4 nitrogen and oxygen atoms in total. The highest BCUT2D eigenvalue weighted by molar-refractivity contribution is 7.89. The van der Waals surface area contributed by atoms with Crippen LogP contribution in [0.1, 0.15) is 51.6 Å². The van der Waals surface area contributed by atoms with E-state index in [1.54, 1.807) is 18.2 Å². The topological polar surface area (TPSA) is 58.2 Å². The van der Waals surface area contributed by atoms with Gasteiger partial charge in [-0.3, -0.25) is 0 Å². The van der Waals surface area contributed by atoms with Gasteiger partial charge in [-0.15, -0.1) is 0 Å². The molecule has 21 heavy (non-hydrogen) atoms. The lowest BCUT2D eigenvalue weighted by atomic mass is 9.88. The van der Waals surface area contributed by atoms with E-state index in [9.17, 15) is 8.42 Å². The zero-order chi connectivity index (χ0) is 15.7. The van der Waals surface area contributed by atoms with Gasteiger partial charge in [-0.1, -0.05) is 32.4 Å². The smallest absolute Gasteiger partial charge is 0.240 e. The Labute approximate surface area is 128 Å². The standard InChI is InChI=1S/C16H26N2O2S/c1-12(17-4)13-7-5-8-14(11-13)21(19,20)18-15-9-6-10-16(15,2)3/h5,7-8,11-12,15,17-18H,6,9-10H2,1-4H3. The Bertz CT molecular complexity index is 596. The van der Waals surface area contributed by atoms with Crippen LogP contribution in [0.5, 0.6) is 0 Å². The van der Waals surface area contributed by atoms with Crippen molar-refractivity contribution in [2.24, 2.45) is 5.41 Å². The zero-order valence-corrected chi connectivity index (χ0v) is 14.1. The molecule has 1 aromatic rings. The first-order valence-corrected chi connectivity index (χ1v) is 9.04. The average Bonchev–Trinajstić information content (AvgIpc) is 2.76. The van der Waals surface area contributed by atoms with Crippen LogP contribution in [0.2, 0.25) is 0 Å². The Balaban J connectivity index is 2.24. The molecular formula is C16H26N2O2S. The molecule has 1 saturated carbocycles. The van der Waals surface area contributed by atoms with Gasteiger partial charge < -0.3 is 5.32 Å². The lowest BCUT2D eigenvalue weighted by Gasteiger charge is -2.27. The summed E-state index contributed by atoms with van der Waals surface area (Å²) in [6.45, 7) is 6.28. The number of benzene rings is 1. The molecule has 2 atom stereocenters. The van der Waals surface area contributed by atoms with E-state index >= 15 is 0 Å². The van der Waals surface area contributed by atoms with Crippen molar-refractivity contribution in [2.75, 3.05) is 7.05 Å². The van der Waals surface area contributed by atoms with E-state index in [-0.39, 0.29) is 17.5 Å². The van der Waals surface area contributed by atoms with E-state index in [1.165, 1.54) is 0 Å². The van der Waals surface area contributed by atoms with Gasteiger partial charge in [0.05, 0.1) is 4.90 Å². The van der Waals surface area contributed by atoms with E-state index < -0.39 is 10.0 Å². The molecule has 0 bridgehead atoms. The van der Waals surface area contributed by atoms with Crippen molar-refractivity contribution in [3.63, 3.8) is 0 Å². The molecule has 118 valence electrons. The minimum atomic E-state index is -3.46. The van der Waals surface area contributed by atoms with Crippen LogP contribution in [0.25, 0.3) is 0 Å². The molecule has 0 radical (unpaired) electrons. The summed E-state index contributed by atoms with van der Waals surface area (Å²) in [5.74, 6) is 0. The maximum Gasteiger partial charge on any atom is 0.240 e. The predicted molar refractivity (Wildman–Crippen MR) is 85.7 cm³/mol. The molecule has 1 fully saturated rings. The molecule has 0 saturated heterocycles. The molecule has 0 aliphatic heterocycles. The normalized spacial score (nSPS) is 23.1. The second-order valence-electron chi connectivity index (χ2n) is 6.64. The Morgan fingerprint density at radius 2 is 2.05 bits per heavy atom. The van der Waals surface area contributed by atoms with Crippen LogP contribution in [-0.4, -0.2) is 21.5 Å². The van der Waals surface area contributed by atoms with Gasteiger partial charge in [0, 0.05) is 12.1 Å². The summed E-state index contributed by atoms with van der Waals surface area (Å²) in [5, 5.41) is 3.13. The molecule has 0 aromatic heterocycles. The largest absolute Gasteiger partial charge is 0.313 e. The monoisotopic (exact) mass is 310 g/mol. The van der Waals surface area contributed by atoms with Gasteiger partial charge in [-0.05, 0) is 49.9 Å². The van der Waals surface area contributed by atoms with E-state index in [0.29, 0.717) is 4.90 Å². The second kappa shape index (κ2) is 6.07. The van der Waals surface area contributed by atoms with Gasteiger partial charge in [-0.2, -0.15) is 0 Å². The number of hydrogen-bond donors (Lipinski definition) is 2. The van der Waals surface area contributed by atoms with Crippen LogP contribution < -0.4 is 10.0 Å². The molecule has 0 amide bonds. The highest BCUT2D eigenvalue weighted by Crippen LogP contribution is 2.38. The number of nitrogens with one attached hydrogen (secondary N) is 2. The summed E-state index contributed by atoms with van der Waals surface area (Å²) in [6.07, 6.45) is 3.06. The fourth-order valence-electron chi connectivity index (χ4n) is 2.92. The third-order valence-electron chi connectivity index (χ3n) is 4.66. The first-order chi connectivity index (χ1) is 9.76. The molecule has 5 heteroatoms. The van der Waals surface area contributed by atoms with Gasteiger partial charge in [0.1, 0.15) is 0 Å². The van der Waals surface area contributed by atoms with Gasteiger partial charge in [0.15, 0.2) is 0 Å². The quantitative estimate of drug-likeness (QED) is 0.879. The fourth-order valence-corrected chi connectivity index (χ4v) is 4.41. The third-order valence-corrected chi connectivity index (χ3v) is 6.13. The van der Waals surface area contributed by atoms with Crippen molar-refractivity contribution >= 4 is 10.0 Å².